The molecule has 1 aliphatic rings. The lowest BCUT2D eigenvalue weighted by molar-refractivity contribution is 0.102. The van der Waals surface area contributed by atoms with Gasteiger partial charge in [0.15, 0.2) is 17.3 Å². The minimum Gasteiger partial charge on any atom is -0.486 e. The maximum absolute atomic E-state index is 12.3. The summed E-state index contributed by atoms with van der Waals surface area (Å²) < 4.78 is 11.0. The van der Waals surface area contributed by atoms with Crippen LogP contribution in [0.2, 0.25) is 0 Å². The Labute approximate surface area is 128 Å². The molecule has 0 aromatic heterocycles. The molecule has 108 valence electrons. The van der Waals surface area contributed by atoms with Crippen LogP contribution in [0.5, 0.6) is 11.5 Å². The van der Waals surface area contributed by atoms with Gasteiger partial charge in [0.2, 0.25) is 0 Å². The number of benzene rings is 2. The summed E-state index contributed by atoms with van der Waals surface area (Å²) in [5, 5.41) is 0. The highest BCUT2D eigenvalue weighted by Crippen LogP contribution is 2.31. The van der Waals surface area contributed by atoms with Crippen molar-refractivity contribution in [3.05, 3.63) is 53.6 Å². The number of hydrogen-bond donors (Lipinski definition) is 0. The molecular weight excluding hydrogens is 284 g/mol. The molecule has 0 saturated carbocycles. The van der Waals surface area contributed by atoms with E-state index < -0.39 is 0 Å². The Bertz CT molecular complexity index is 667. The van der Waals surface area contributed by atoms with Crippen molar-refractivity contribution in [1.29, 1.82) is 0 Å². The van der Waals surface area contributed by atoms with Gasteiger partial charge in [-0.25, -0.2) is 0 Å². The van der Waals surface area contributed by atoms with Crippen LogP contribution in [0.3, 0.4) is 0 Å². The molecule has 2 aromatic carbocycles. The number of ether oxygens (including phenoxy) is 2. The predicted molar refractivity (Wildman–Crippen MR) is 83.7 cm³/mol. The second-order valence-electron chi connectivity index (χ2n) is 4.89. The zero-order valence-electron chi connectivity index (χ0n) is 11.8. The molecule has 2 aromatic rings. The van der Waals surface area contributed by atoms with Gasteiger partial charge >= 0.3 is 0 Å². The van der Waals surface area contributed by atoms with Crippen molar-refractivity contribution in [2.75, 3.05) is 19.0 Å². The summed E-state index contributed by atoms with van der Waals surface area (Å²) in [6.45, 7) is 3.14. The molecule has 3 nitrogen and oxygen atoms in total. The van der Waals surface area contributed by atoms with Gasteiger partial charge < -0.3 is 9.47 Å². The van der Waals surface area contributed by atoms with Crippen LogP contribution in [0.25, 0.3) is 0 Å². The average molecular weight is 300 g/mol. The SMILES string of the molecule is Cc1cccc(SCC(=O)c2ccc3c(c2)OCCO3)c1. The molecular formula is C17H16O3S. The molecule has 0 atom stereocenters. The van der Waals surface area contributed by atoms with Crippen molar-refractivity contribution >= 4 is 17.5 Å². The zero-order chi connectivity index (χ0) is 14.7. The standard InChI is InChI=1S/C17H16O3S/c1-12-3-2-4-14(9-12)21-11-15(18)13-5-6-16-17(10-13)20-8-7-19-16/h2-6,9-10H,7-8,11H2,1H3. The lowest BCUT2D eigenvalue weighted by Gasteiger charge is -2.18. The highest BCUT2D eigenvalue weighted by molar-refractivity contribution is 8.00. The van der Waals surface area contributed by atoms with Gasteiger partial charge in [0, 0.05) is 10.5 Å². The number of aryl methyl sites for hydroxylation is 1. The largest absolute Gasteiger partial charge is 0.486 e. The van der Waals surface area contributed by atoms with E-state index in [0.29, 0.717) is 36.0 Å². The van der Waals surface area contributed by atoms with Crippen molar-refractivity contribution < 1.29 is 14.3 Å². The summed E-state index contributed by atoms with van der Waals surface area (Å²) >= 11 is 1.55. The van der Waals surface area contributed by atoms with E-state index in [1.54, 1.807) is 30.0 Å². The third-order valence-corrected chi connectivity index (χ3v) is 4.22. The number of carbonyl (C=O) groups excluding carboxylic acids is 1. The van der Waals surface area contributed by atoms with Crippen molar-refractivity contribution in [1.82, 2.24) is 0 Å². The van der Waals surface area contributed by atoms with Gasteiger partial charge in [-0.05, 0) is 37.3 Å². The zero-order valence-corrected chi connectivity index (χ0v) is 12.6. The van der Waals surface area contributed by atoms with E-state index in [4.69, 9.17) is 9.47 Å². The molecule has 21 heavy (non-hydrogen) atoms. The van der Waals surface area contributed by atoms with Crippen LogP contribution in [-0.4, -0.2) is 24.7 Å². The van der Waals surface area contributed by atoms with E-state index in [-0.39, 0.29) is 5.78 Å². The van der Waals surface area contributed by atoms with E-state index in [9.17, 15) is 4.79 Å². The lowest BCUT2D eigenvalue weighted by Crippen LogP contribution is -2.16. The number of fused-ring (bicyclic) bond motifs is 1. The van der Waals surface area contributed by atoms with Crippen LogP contribution in [0, 0.1) is 6.92 Å². The van der Waals surface area contributed by atoms with Crippen LogP contribution in [0.15, 0.2) is 47.4 Å². The third-order valence-electron chi connectivity index (χ3n) is 3.22. The monoisotopic (exact) mass is 300 g/mol. The molecule has 0 spiro atoms. The Morgan fingerprint density at radius 3 is 2.71 bits per heavy atom. The minimum atomic E-state index is 0.0958. The van der Waals surface area contributed by atoms with E-state index in [2.05, 4.69) is 6.07 Å². The molecule has 0 fully saturated rings. The summed E-state index contributed by atoms with van der Waals surface area (Å²) in [5.74, 6) is 1.89. The third kappa shape index (κ3) is 3.39. The molecule has 0 amide bonds. The van der Waals surface area contributed by atoms with Crippen molar-refractivity contribution in [2.24, 2.45) is 0 Å². The molecule has 3 rings (SSSR count). The minimum absolute atomic E-state index is 0.0958. The van der Waals surface area contributed by atoms with Crippen molar-refractivity contribution in [2.45, 2.75) is 11.8 Å². The number of Topliss-reactive ketones (excluding diaryl/α,β-unsaturated/α-hetero) is 1. The summed E-state index contributed by atoms with van der Waals surface area (Å²) in [7, 11) is 0. The second-order valence-corrected chi connectivity index (χ2v) is 5.94. The molecule has 1 aliphatic heterocycles. The van der Waals surface area contributed by atoms with Gasteiger partial charge in [-0.15, -0.1) is 11.8 Å². The van der Waals surface area contributed by atoms with Gasteiger partial charge in [-0.3, -0.25) is 4.79 Å². The normalized spacial score (nSPS) is 13.0. The van der Waals surface area contributed by atoms with Gasteiger partial charge in [-0.2, -0.15) is 0 Å². The molecule has 0 aliphatic carbocycles. The van der Waals surface area contributed by atoms with Crippen LogP contribution in [0.1, 0.15) is 15.9 Å². The Morgan fingerprint density at radius 1 is 1.10 bits per heavy atom. The van der Waals surface area contributed by atoms with E-state index >= 15 is 0 Å². The molecule has 0 radical (unpaired) electrons. The Morgan fingerprint density at radius 2 is 1.90 bits per heavy atom. The maximum atomic E-state index is 12.3. The first-order valence-electron chi connectivity index (χ1n) is 6.85. The molecule has 0 saturated heterocycles. The van der Waals surface area contributed by atoms with Gasteiger partial charge in [0.1, 0.15) is 13.2 Å². The lowest BCUT2D eigenvalue weighted by atomic mass is 10.1. The topological polar surface area (TPSA) is 35.5 Å². The predicted octanol–water partition coefficient (Wildman–Crippen LogP) is 3.74. The summed E-state index contributed by atoms with van der Waals surface area (Å²) in [6.07, 6.45) is 0. The molecule has 0 bridgehead atoms. The van der Waals surface area contributed by atoms with Gasteiger partial charge in [0.05, 0.1) is 5.75 Å². The van der Waals surface area contributed by atoms with E-state index in [1.165, 1.54) is 5.56 Å². The smallest absolute Gasteiger partial charge is 0.173 e. The highest BCUT2D eigenvalue weighted by atomic mass is 32.2. The van der Waals surface area contributed by atoms with Gasteiger partial charge in [0.25, 0.3) is 0 Å². The number of ketones is 1. The molecule has 4 heteroatoms. The number of carbonyl (C=O) groups is 1. The number of rotatable bonds is 4. The summed E-state index contributed by atoms with van der Waals surface area (Å²) in [4.78, 5) is 13.4. The van der Waals surface area contributed by atoms with E-state index in [0.717, 1.165) is 4.90 Å². The quantitative estimate of drug-likeness (QED) is 0.636. The van der Waals surface area contributed by atoms with Crippen LogP contribution >= 0.6 is 11.8 Å². The van der Waals surface area contributed by atoms with Crippen LogP contribution in [-0.2, 0) is 0 Å². The maximum Gasteiger partial charge on any atom is 0.173 e. The Kier molecular flexibility index (Phi) is 4.15. The van der Waals surface area contributed by atoms with Crippen molar-refractivity contribution in [3.8, 4) is 11.5 Å². The average Bonchev–Trinajstić information content (AvgIpc) is 2.52. The number of hydrogen-bond acceptors (Lipinski definition) is 4. The Balaban J connectivity index is 1.68. The van der Waals surface area contributed by atoms with Crippen LogP contribution < -0.4 is 9.47 Å². The fraction of sp³-hybridized carbons (Fsp3) is 0.235. The van der Waals surface area contributed by atoms with Crippen molar-refractivity contribution in [3.63, 3.8) is 0 Å². The first-order chi connectivity index (χ1) is 10.2. The fourth-order valence-electron chi connectivity index (χ4n) is 2.15. The highest BCUT2D eigenvalue weighted by Gasteiger charge is 2.15. The van der Waals surface area contributed by atoms with Crippen LogP contribution in [0.4, 0.5) is 0 Å². The Hall–Kier alpha value is -1.94. The molecule has 1 heterocycles. The second kappa shape index (κ2) is 6.22. The van der Waals surface area contributed by atoms with Gasteiger partial charge in [-0.1, -0.05) is 17.7 Å². The fourth-order valence-corrected chi connectivity index (χ4v) is 3.06. The van der Waals surface area contributed by atoms with E-state index in [1.807, 2.05) is 25.1 Å². The summed E-state index contributed by atoms with van der Waals surface area (Å²) in [5.41, 5.74) is 1.87. The first kappa shape index (κ1) is 14.0. The number of thioether (sulfide) groups is 1. The molecule has 0 N–H and O–H groups in total. The molecule has 0 unspecified atom stereocenters. The first-order valence-corrected chi connectivity index (χ1v) is 7.83. The summed E-state index contributed by atoms with van der Waals surface area (Å²) in [6, 6.07) is 13.5.